The second-order valence-corrected chi connectivity index (χ2v) is 22.0. The molecule has 0 unspecified atom stereocenters. The molecule has 0 aromatic heterocycles. The normalized spacial score (nSPS) is 16.2. The van der Waals surface area contributed by atoms with E-state index in [1.54, 1.807) is 41.8 Å². The van der Waals surface area contributed by atoms with Crippen LogP contribution in [0.5, 0.6) is 0 Å². The molecule has 8 amide bonds. The van der Waals surface area contributed by atoms with Crippen molar-refractivity contribution in [1.82, 2.24) is 37.1 Å². The number of rotatable bonds is 17. The van der Waals surface area contributed by atoms with Crippen molar-refractivity contribution in [3.8, 4) is 0 Å². The van der Waals surface area contributed by atoms with Crippen molar-refractivity contribution in [3.63, 3.8) is 0 Å². The lowest BCUT2D eigenvalue weighted by atomic mass is 10.1. The van der Waals surface area contributed by atoms with Crippen molar-refractivity contribution in [3.05, 3.63) is 118 Å². The summed E-state index contributed by atoms with van der Waals surface area (Å²) in [4.78, 5) is 106. The summed E-state index contributed by atoms with van der Waals surface area (Å²) in [5.74, 6) is -0.770. The highest BCUT2D eigenvalue weighted by molar-refractivity contribution is 7.80. The molecule has 10 N–H and O–H groups in total. The second-order valence-electron chi connectivity index (χ2n) is 19.5. The SMILES string of the molecule is C.C.C.C.C.CC(=S)NC[C@H]1CN(c2ccc(C(=O)N(C)C)c(F)c2)C(=O)O1.CC(=S)NC[C@H]1CN(c2ccc(C(=O)NN)c(F)c2)C(=O)O1.CC(=S)NC[C@H]1CN(c2ccc(C(N)=O)c(F)c2)C(=O)O1.CONC(=O)c1ccc(N2C[C@H](CNC(C)=S)OC2=O)cc1F. The van der Waals surface area contributed by atoms with Gasteiger partial charge in [0.2, 0.25) is 0 Å². The third-order valence-electron chi connectivity index (χ3n) is 12.6. The van der Waals surface area contributed by atoms with E-state index in [0.29, 0.717) is 68.9 Å². The van der Waals surface area contributed by atoms with E-state index in [9.17, 15) is 55.9 Å². The molecule has 8 rings (SSSR count). The molecule has 0 aliphatic carbocycles. The highest BCUT2D eigenvalue weighted by Gasteiger charge is 2.36. The van der Waals surface area contributed by atoms with Gasteiger partial charge < -0.3 is 50.8 Å². The Kier molecular flexibility index (Phi) is 35.8. The van der Waals surface area contributed by atoms with Crippen LogP contribution in [-0.2, 0) is 23.8 Å². The number of thiocarbonyl (C=S) groups is 4. The molecule has 94 heavy (non-hydrogen) atoms. The molecular weight excluding hydrogens is 1310 g/mol. The first-order chi connectivity index (χ1) is 42.0. The Morgan fingerprint density at radius 3 is 0.968 bits per heavy atom. The van der Waals surface area contributed by atoms with Crippen LogP contribution in [0.1, 0.15) is 106 Å². The largest absolute Gasteiger partial charge is 0.442 e. The van der Waals surface area contributed by atoms with Crippen LogP contribution in [-0.4, -0.2) is 171 Å². The number of halogens is 4. The van der Waals surface area contributed by atoms with Crippen LogP contribution in [0.25, 0.3) is 0 Å². The maximum atomic E-state index is 14.1. The quantitative estimate of drug-likeness (QED) is 0.0123. The average molecular weight is 1400 g/mol. The number of carbonyl (C=O) groups is 8. The number of hydrogen-bond donors (Lipinski definition) is 8. The highest BCUT2D eigenvalue weighted by Crippen LogP contribution is 2.28. The number of nitrogen functional groups attached to an aromatic ring is 1. The zero-order valence-corrected chi connectivity index (χ0v) is 52.0. The number of ether oxygens (including phenoxy) is 4. The van der Waals surface area contributed by atoms with E-state index in [0.717, 1.165) is 24.3 Å². The number of hydrazine groups is 1. The molecule has 4 aromatic carbocycles. The van der Waals surface area contributed by atoms with E-state index in [2.05, 4.69) is 26.1 Å². The Bertz CT molecular complexity index is 3400. The summed E-state index contributed by atoms with van der Waals surface area (Å²) in [5.41, 5.74) is 9.54. The number of nitrogens with zero attached hydrogens (tertiary/aromatic N) is 5. The van der Waals surface area contributed by atoms with Crippen molar-refractivity contribution >= 4 is 140 Å². The minimum absolute atomic E-state index is 0. The predicted octanol–water partition coefficient (Wildman–Crippen LogP) is 8.23. The topological polar surface area (TPSA) is 323 Å². The fourth-order valence-electron chi connectivity index (χ4n) is 8.28. The van der Waals surface area contributed by atoms with Crippen molar-refractivity contribution in [2.24, 2.45) is 11.6 Å². The van der Waals surface area contributed by atoms with Gasteiger partial charge in [-0.25, -0.2) is 48.1 Å². The fourth-order valence-corrected chi connectivity index (χ4v) is 8.61. The summed E-state index contributed by atoms with van der Waals surface area (Å²) in [6.07, 6.45) is -3.81. The van der Waals surface area contributed by atoms with Gasteiger partial charge in [0.05, 0.1) is 124 Å². The Morgan fingerprint density at radius 2 is 0.745 bits per heavy atom. The molecule has 4 fully saturated rings. The lowest BCUT2D eigenvalue weighted by Gasteiger charge is -2.15. The van der Waals surface area contributed by atoms with Crippen LogP contribution < -0.4 is 63.3 Å². The number of hydrogen-bond acceptors (Lipinski definition) is 18. The number of anilines is 4. The molecule has 34 heteroatoms. The average Bonchev–Trinajstić information content (AvgIpc) is 1.58. The van der Waals surface area contributed by atoms with E-state index in [4.69, 9.17) is 79.4 Å². The van der Waals surface area contributed by atoms with E-state index in [1.807, 2.05) is 10.9 Å². The minimum Gasteiger partial charge on any atom is -0.442 e. The molecule has 4 heterocycles. The van der Waals surface area contributed by atoms with E-state index >= 15 is 0 Å². The van der Waals surface area contributed by atoms with Crippen LogP contribution >= 0.6 is 48.9 Å². The lowest BCUT2D eigenvalue weighted by molar-refractivity contribution is 0.0533. The molecule has 4 atom stereocenters. The summed E-state index contributed by atoms with van der Waals surface area (Å²) in [6.45, 7) is 9.54. The monoisotopic (exact) mass is 1400 g/mol. The molecule has 4 aliphatic rings. The molecule has 0 bridgehead atoms. The number of cyclic esters (lactones) is 4. The first-order valence-corrected chi connectivity index (χ1v) is 28.1. The van der Waals surface area contributed by atoms with Gasteiger partial charge in [-0.05, 0) is 100 Å². The lowest BCUT2D eigenvalue weighted by Crippen LogP contribution is -2.33. The summed E-state index contributed by atoms with van der Waals surface area (Å²) in [6, 6.07) is 15.5. The molecule has 4 aliphatic heterocycles. The van der Waals surface area contributed by atoms with Crippen LogP contribution in [0.3, 0.4) is 0 Å². The van der Waals surface area contributed by atoms with Crippen LogP contribution in [0.15, 0.2) is 72.8 Å². The maximum absolute atomic E-state index is 14.1. The fraction of sp³-hybridized carbons (Fsp3) is 0.400. The standard InChI is InChI=1S/C15H18FN3O3S.C14H16FN3O4S.C13H15FN4O3S.C13H14FN3O3S.5CH4/c1-9(23)17-7-11-8-19(15(21)22-11)10-4-5-12(13(16)6-10)14(20)18(2)3;1-8(23)16-6-10-7-18(14(20)22-10)9-3-4-11(12(15)5-9)13(19)17-21-2;1-7(22)16-5-9-6-18(13(20)21-9)8-2-3-10(11(14)4-8)12(19)17-15;1-7(21)16-5-9-6-17(13(19)20-9)8-2-3-10(12(15)18)11(14)4-8;;;;;/h4-6,11H,7-8H2,1-3H3,(H,17,23);3-5,10H,6-7H2,1-2H3,(H,16,23)(H,17,19);2-4,9H,5-6,15H2,1H3,(H,16,22)(H,17,19);2-4,9H,5-6H2,1H3,(H2,15,18)(H,16,21);5*1H4/t11-;10-;2*9-;;;;;/m0000...../s1. The Hall–Kier alpha value is -8.96. The molecule has 518 valence electrons. The number of hydroxylamine groups is 1. The minimum atomic E-state index is -0.860. The van der Waals surface area contributed by atoms with E-state index < -0.39 is 71.3 Å². The predicted molar refractivity (Wildman–Crippen MR) is 367 cm³/mol. The van der Waals surface area contributed by atoms with Crippen LogP contribution in [0.4, 0.5) is 59.5 Å². The number of carbonyl (C=O) groups excluding carboxylic acids is 8. The number of benzene rings is 4. The second kappa shape index (κ2) is 39.6. The molecule has 0 spiro atoms. The third kappa shape index (κ3) is 24.2. The molecule has 0 radical (unpaired) electrons. The Balaban J connectivity index is 0.00000121. The summed E-state index contributed by atoms with van der Waals surface area (Å²) in [7, 11) is 4.34. The van der Waals surface area contributed by atoms with Gasteiger partial charge in [0.25, 0.3) is 23.6 Å². The van der Waals surface area contributed by atoms with E-state index in [-0.39, 0.29) is 110 Å². The highest BCUT2D eigenvalue weighted by atomic mass is 32.1. The summed E-state index contributed by atoms with van der Waals surface area (Å²) < 4.78 is 76.5. The number of nitrogens with one attached hydrogen (secondary N) is 6. The van der Waals surface area contributed by atoms with Gasteiger partial charge in [-0.15, -0.1) is 0 Å². The first-order valence-electron chi connectivity index (χ1n) is 26.5. The van der Waals surface area contributed by atoms with Crippen molar-refractivity contribution in [2.45, 2.75) is 89.2 Å². The number of primary amides is 1. The molecule has 0 saturated carbocycles. The van der Waals surface area contributed by atoms with Gasteiger partial charge in [-0.3, -0.25) is 49.0 Å². The van der Waals surface area contributed by atoms with Gasteiger partial charge in [0.15, 0.2) is 0 Å². The van der Waals surface area contributed by atoms with Crippen LogP contribution in [0, 0.1) is 23.3 Å². The van der Waals surface area contributed by atoms with Gasteiger partial charge >= 0.3 is 24.4 Å². The zero-order chi connectivity index (χ0) is 66.0. The Morgan fingerprint density at radius 1 is 0.489 bits per heavy atom. The van der Waals surface area contributed by atoms with Gasteiger partial charge in [-0.2, -0.15) is 0 Å². The smallest absolute Gasteiger partial charge is 0.414 e. The molecule has 4 aromatic rings. The van der Waals surface area contributed by atoms with Gasteiger partial charge in [0, 0.05) is 14.1 Å². The van der Waals surface area contributed by atoms with Crippen molar-refractivity contribution in [2.75, 3.05) is 93.2 Å². The van der Waals surface area contributed by atoms with Gasteiger partial charge in [-0.1, -0.05) is 86.0 Å². The number of amides is 8. The van der Waals surface area contributed by atoms with E-state index in [1.165, 1.54) is 80.1 Å². The molecule has 26 nitrogen and oxygen atoms in total. The van der Waals surface area contributed by atoms with Crippen molar-refractivity contribution < 1.29 is 79.7 Å². The zero-order valence-electron chi connectivity index (χ0n) is 48.7. The van der Waals surface area contributed by atoms with Crippen molar-refractivity contribution in [1.29, 1.82) is 0 Å². The van der Waals surface area contributed by atoms with Crippen LogP contribution in [0.2, 0.25) is 0 Å². The van der Waals surface area contributed by atoms with Gasteiger partial charge in [0.1, 0.15) is 47.7 Å². The maximum Gasteiger partial charge on any atom is 0.414 e. The molecular formula is C60H83F4N13O13S4. The first kappa shape index (κ1) is 85.0. The summed E-state index contributed by atoms with van der Waals surface area (Å²) >= 11 is 19.6. The Labute approximate surface area is 565 Å². The summed E-state index contributed by atoms with van der Waals surface area (Å²) in [5, 5.41) is 11.7. The number of nitrogens with two attached hydrogens (primary N) is 2. The third-order valence-corrected chi connectivity index (χ3v) is 13.2. The molecule has 4 saturated heterocycles.